The first-order valence-corrected chi connectivity index (χ1v) is 12.3. The molecular weight excluding hydrogens is 470 g/mol. The number of nitrogens with one attached hydrogen (secondary N) is 1. The Balaban J connectivity index is 1.93. The molecule has 2 aromatic carbocycles. The number of carbonyl (C=O) groups excluding carboxylic acids is 2. The van der Waals surface area contributed by atoms with Gasteiger partial charge >= 0.3 is 0 Å². The zero-order chi connectivity index (χ0) is 24.2. The summed E-state index contributed by atoms with van der Waals surface area (Å²) in [5, 5.41) is 3.07. The number of amides is 2. The second-order valence-electron chi connectivity index (χ2n) is 7.38. The Morgan fingerprint density at radius 3 is 2.42 bits per heavy atom. The number of anilines is 1. The van der Waals surface area contributed by atoms with Crippen LogP contribution in [0, 0.1) is 0 Å². The molecule has 178 valence electrons. The standard InChI is InChI=1S/C22H26ClN3O6S/c1-4-33(29,30)26(18-9-10-19-20(11-18)32-14-31-19)13-21(27)25(15(2)22(28)24-3)12-16-5-7-17(23)8-6-16/h5-11,15H,4,12-14H2,1-3H3,(H,24,28)/t15-/m1/s1. The maximum absolute atomic E-state index is 13.4. The number of nitrogens with zero attached hydrogens (tertiary/aromatic N) is 2. The molecule has 9 nitrogen and oxygen atoms in total. The van der Waals surface area contributed by atoms with Crippen LogP contribution in [0.1, 0.15) is 19.4 Å². The number of halogens is 1. The van der Waals surface area contributed by atoms with Crippen molar-refractivity contribution in [1.82, 2.24) is 10.2 Å². The minimum absolute atomic E-state index is 0.0385. The summed E-state index contributed by atoms with van der Waals surface area (Å²) in [6.07, 6.45) is 0. The van der Waals surface area contributed by atoms with Crippen molar-refractivity contribution < 1.29 is 27.5 Å². The number of sulfonamides is 1. The van der Waals surface area contributed by atoms with E-state index in [-0.39, 0.29) is 30.7 Å². The molecule has 1 atom stereocenters. The van der Waals surface area contributed by atoms with Gasteiger partial charge in [-0.25, -0.2) is 8.42 Å². The smallest absolute Gasteiger partial charge is 0.244 e. The van der Waals surface area contributed by atoms with E-state index in [1.807, 2.05) is 0 Å². The second-order valence-corrected chi connectivity index (χ2v) is 10.0. The van der Waals surface area contributed by atoms with Crippen LogP contribution in [0.2, 0.25) is 5.02 Å². The highest BCUT2D eigenvalue weighted by atomic mass is 35.5. The van der Waals surface area contributed by atoms with E-state index in [1.165, 1.54) is 24.9 Å². The van der Waals surface area contributed by atoms with E-state index < -0.39 is 28.5 Å². The number of fused-ring (bicyclic) bond motifs is 1. The average Bonchev–Trinajstić information content (AvgIpc) is 3.28. The fourth-order valence-corrected chi connectivity index (χ4v) is 4.52. The number of hydrogen-bond donors (Lipinski definition) is 1. The van der Waals surface area contributed by atoms with Crippen LogP contribution in [0.5, 0.6) is 11.5 Å². The fourth-order valence-electron chi connectivity index (χ4n) is 3.34. The predicted octanol–water partition coefficient (Wildman–Crippen LogP) is 2.39. The predicted molar refractivity (Wildman–Crippen MR) is 125 cm³/mol. The van der Waals surface area contributed by atoms with Crippen LogP contribution in [0.15, 0.2) is 42.5 Å². The summed E-state index contributed by atoms with van der Waals surface area (Å²) in [7, 11) is -2.34. The molecule has 33 heavy (non-hydrogen) atoms. The summed E-state index contributed by atoms with van der Waals surface area (Å²) >= 11 is 5.95. The largest absolute Gasteiger partial charge is 0.454 e. The zero-order valence-electron chi connectivity index (χ0n) is 18.6. The van der Waals surface area contributed by atoms with E-state index in [0.717, 1.165) is 9.87 Å². The van der Waals surface area contributed by atoms with Crippen molar-refractivity contribution in [2.45, 2.75) is 26.4 Å². The van der Waals surface area contributed by atoms with Gasteiger partial charge in [0.2, 0.25) is 28.6 Å². The van der Waals surface area contributed by atoms with Gasteiger partial charge in [0, 0.05) is 24.7 Å². The molecule has 0 aromatic heterocycles. The van der Waals surface area contributed by atoms with E-state index in [1.54, 1.807) is 43.3 Å². The van der Waals surface area contributed by atoms with Crippen molar-refractivity contribution >= 4 is 39.1 Å². The summed E-state index contributed by atoms with van der Waals surface area (Å²) in [6.45, 7) is 2.75. The molecule has 0 bridgehead atoms. The highest BCUT2D eigenvalue weighted by Gasteiger charge is 2.31. The van der Waals surface area contributed by atoms with E-state index in [0.29, 0.717) is 16.5 Å². The average molecular weight is 496 g/mol. The monoisotopic (exact) mass is 495 g/mol. The van der Waals surface area contributed by atoms with Gasteiger partial charge < -0.3 is 19.7 Å². The number of likely N-dealkylation sites (N-methyl/N-ethyl adjacent to an activating group) is 1. The third-order valence-corrected chi connectivity index (χ3v) is 7.30. The topological polar surface area (TPSA) is 105 Å². The van der Waals surface area contributed by atoms with Crippen LogP contribution in [-0.4, -0.2) is 57.3 Å². The molecule has 1 N–H and O–H groups in total. The zero-order valence-corrected chi connectivity index (χ0v) is 20.1. The molecule has 2 aromatic rings. The van der Waals surface area contributed by atoms with E-state index in [4.69, 9.17) is 21.1 Å². The van der Waals surface area contributed by atoms with Gasteiger partial charge in [-0.05, 0) is 43.7 Å². The van der Waals surface area contributed by atoms with Gasteiger partial charge in [-0.1, -0.05) is 23.7 Å². The molecule has 0 spiro atoms. The molecule has 0 saturated carbocycles. The molecule has 1 aliphatic rings. The third kappa shape index (κ3) is 5.69. The highest BCUT2D eigenvalue weighted by molar-refractivity contribution is 7.92. The van der Waals surface area contributed by atoms with Crippen LogP contribution < -0.4 is 19.1 Å². The molecule has 1 heterocycles. The number of hydrogen-bond acceptors (Lipinski definition) is 6. The number of ether oxygens (including phenoxy) is 2. The van der Waals surface area contributed by atoms with Crippen LogP contribution in [0.4, 0.5) is 5.69 Å². The lowest BCUT2D eigenvalue weighted by atomic mass is 10.1. The molecular formula is C22H26ClN3O6S. The molecule has 3 rings (SSSR count). The Hall–Kier alpha value is -2.98. The van der Waals surface area contributed by atoms with Gasteiger partial charge in [-0.15, -0.1) is 0 Å². The van der Waals surface area contributed by atoms with Gasteiger partial charge in [0.05, 0.1) is 11.4 Å². The van der Waals surface area contributed by atoms with Crippen molar-refractivity contribution in [3.8, 4) is 11.5 Å². The van der Waals surface area contributed by atoms with E-state index in [2.05, 4.69) is 5.32 Å². The minimum atomic E-state index is -3.82. The number of rotatable bonds is 9. The van der Waals surface area contributed by atoms with Crippen molar-refractivity contribution in [3.05, 3.63) is 53.1 Å². The van der Waals surface area contributed by atoms with Gasteiger partial charge in [-0.3, -0.25) is 13.9 Å². The minimum Gasteiger partial charge on any atom is -0.454 e. The fraction of sp³-hybridized carbons (Fsp3) is 0.364. The van der Waals surface area contributed by atoms with Gasteiger partial charge in [0.1, 0.15) is 12.6 Å². The van der Waals surface area contributed by atoms with Crippen LogP contribution in [0.3, 0.4) is 0 Å². The summed E-state index contributed by atoms with van der Waals surface area (Å²) in [6, 6.07) is 10.7. The SMILES string of the molecule is CCS(=O)(=O)N(CC(=O)N(Cc1ccc(Cl)cc1)[C@H](C)C(=O)NC)c1ccc2c(c1)OCO2. The quantitative estimate of drug-likeness (QED) is 0.572. The van der Waals surface area contributed by atoms with E-state index in [9.17, 15) is 18.0 Å². The molecule has 0 radical (unpaired) electrons. The molecule has 0 saturated heterocycles. The number of benzene rings is 2. The Morgan fingerprint density at radius 2 is 1.79 bits per heavy atom. The summed E-state index contributed by atoms with van der Waals surface area (Å²) < 4.78 is 37.5. The van der Waals surface area contributed by atoms with E-state index >= 15 is 0 Å². The summed E-state index contributed by atoms with van der Waals surface area (Å²) in [4.78, 5) is 27.1. The third-order valence-electron chi connectivity index (χ3n) is 5.30. The summed E-state index contributed by atoms with van der Waals surface area (Å²) in [5.41, 5.74) is 1.02. The van der Waals surface area contributed by atoms with Crippen LogP contribution in [-0.2, 0) is 26.2 Å². The molecule has 0 aliphatic carbocycles. The maximum atomic E-state index is 13.4. The Bertz CT molecular complexity index is 1120. The maximum Gasteiger partial charge on any atom is 0.244 e. The van der Waals surface area contributed by atoms with Crippen molar-refractivity contribution in [2.24, 2.45) is 0 Å². The van der Waals surface area contributed by atoms with Crippen LogP contribution >= 0.6 is 11.6 Å². The van der Waals surface area contributed by atoms with Crippen molar-refractivity contribution in [1.29, 1.82) is 0 Å². The second kappa shape index (κ2) is 10.3. The lowest BCUT2D eigenvalue weighted by Gasteiger charge is -2.31. The first-order valence-electron chi connectivity index (χ1n) is 10.3. The molecule has 0 fully saturated rings. The van der Waals surface area contributed by atoms with Crippen LogP contribution in [0.25, 0.3) is 0 Å². The molecule has 2 amide bonds. The first-order chi connectivity index (χ1) is 15.7. The van der Waals surface area contributed by atoms with Crippen molar-refractivity contribution in [3.63, 3.8) is 0 Å². The lowest BCUT2D eigenvalue weighted by molar-refractivity contribution is -0.139. The Kier molecular flexibility index (Phi) is 7.70. The first kappa shape index (κ1) is 24.7. The van der Waals surface area contributed by atoms with Gasteiger partial charge in [0.15, 0.2) is 11.5 Å². The van der Waals surface area contributed by atoms with Gasteiger partial charge in [0.25, 0.3) is 0 Å². The number of carbonyl (C=O) groups is 2. The lowest BCUT2D eigenvalue weighted by Crippen LogP contribution is -2.50. The normalized spacial score (nSPS) is 13.3. The molecule has 0 unspecified atom stereocenters. The Morgan fingerprint density at radius 1 is 1.12 bits per heavy atom. The molecule has 11 heteroatoms. The highest BCUT2D eigenvalue weighted by Crippen LogP contribution is 2.36. The molecule has 1 aliphatic heterocycles. The Labute approximate surface area is 198 Å². The van der Waals surface area contributed by atoms with Crippen molar-refractivity contribution in [2.75, 3.05) is 30.4 Å². The summed E-state index contributed by atoms with van der Waals surface area (Å²) in [5.74, 6) is -0.220. The van der Waals surface area contributed by atoms with Gasteiger partial charge in [-0.2, -0.15) is 0 Å².